The molecule has 0 fully saturated rings. The van der Waals surface area contributed by atoms with Gasteiger partial charge in [0, 0.05) is 6.20 Å². The quantitative estimate of drug-likeness (QED) is 0.620. The van der Waals surface area contributed by atoms with E-state index in [0.717, 1.165) is 0 Å². The summed E-state index contributed by atoms with van der Waals surface area (Å²) in [6.45, 7) is 0. The van der Waals surface area contributed by atoms with Crippen LogP contribution >= 0.6 is 11.6 Å². The number of halogens is 1. The van der Waals surface area contributed by atoms with Crippen molar-refractivity contribution in [1.82, 2.24) is 15.0 Å². The van der Waals surface area contributed by atoms with Gasteiger partial charge in [0.25, 0.3) is 0 Å². The molecule has 0 aliphatic heterocycles. The fourth-order valence-corrected chi connectivity index (χ4v) is 1.14. The highest BCUT2D eigenvalue weighted by atomic mass is 35.5. The van der Waals surface area contributed by atoms with Crippen LogP contribution in [-0.2, 0) is 0 Å². The second-order valence-electron chi connectivity index (χ2n) is 2.26. The summed E-state index contributed by atoms with van der Waals surface area (Å²) < 4.78 is 0. The molecule has 2 heterocycles. The summed E-state index contributed by atoms with van der Waals surface area (Å²) in [5.74, 6) is 0. The van der Waals surface area contributed by atoms with Crippen molar-refractivity contribution in [1.29, 1.82) is 0 Å². The van der Waals surface area contributed by atoms with Crippen molar-refractivity contribution in [2.45, 2.75) is 0 Å². The monoisotopic (exact) mass is 180 g/mol. The highest BCUT2D eigenvalue weighted by Gasteiger charge is 2.03. The number of pyridine rings is 1. The number of hydrogen-bond donors (Lipinski definition) is 1. The van der Waals surface area contributed by atoms with Crippen molar-refractivity contribution in [3.63, 3.8) is 0 Å². The van der Waals surface area contributed by atoms with E-state index < -0.39 is 0 Å². The molecular formula is C7H5ClN4. The molecule has 0 saturated carbocycles. The van der Waals surface area contributed by atoms with Crippen LogP contribution in [0, 0.1) is 0 Å². The first-order valence-corrected chi connectivity index (χ1v) is 3.67. The third-order valence-electron chi connectivity index (χ3n) is 1.51. The summed E-state index contributed by atoms with van der Waals surface area (Å²) in [7, 11) is 0. The summed E-state index contributed by atoms with van der Waals surface area (Å²) in [5.41, 5.74) is 7.33. The molecule has 0 atom stereocenters. The third-order valence-corrected chi connectivity index (χ3v) is 1.79. The molecule has 2 N–H and O–H groups in total. The minimum absolute atomic E-state index is 0.326. The number of fused-ring (bicyclic) bond motifs is 1. The molecule has 0 bridgehead atoms. The first kappa shape index (κ1) is 7.24. The predicted molar refractivity (Wildman–Crippen MR) is 46.8 cm³/mol. The van der Waals surface area contributed by atoms with Gasteiger partial charge in [-0.1, -0.05) is 11.6 Å². The first-order chi connectivity index (χ1) is 5.79. The number of anilines is 1. The first-order valence-electron chi connectivity index (χ1n) is 3.30. The summed E-state index contributed by atoms with van der Waals surface area (Å²) in [6, 6.07) is 1.67. The average molecular weight is 181 g/mol. The van der Waals surface area contributed by atoms with Gasteiger partial charge in [-0.2, -0.15) is 0 Å². The van der Waals surface area contributed by atoms with E-state index in [4.69, 9.17) is 17.3 Å². The second-order valence-corrected chi connectivity index (χ2v) is 2.62. The van der Waals surface area contributed by atoms with Gasteiger partial charge in [-0.25, -0.2) is 9.97 Å². The Kier molecular flexibility index (Phi) is 1.55. The lowest BCUT2D eigenvalue weighted by atomic mass is 10.3. The van der Waals surface area contributed by atoms with Crippen LogP contribution in [0.4, 0.5) is 5.69 Å². The van der Waals surface area contributed by atoms with Crippen molar-refractivity contribution in [2.75, 3.05) is 5.73 Å². The van der Waals surface area contributed by atoms with Crippen LogP contribution in [-0.4, -0.2) is 15.0 Å². The topological polar surface area (TPSA) is 64.7 Å². The van der Waals surface area contributed by atoms with Gasteiger partial charge in [-0.3, -0.25) is 4.98 Å². The van der Waals surface area contributed by atoms with Crippen LogP contribution in [0.2, 0.25) is 5.15 Å². The number of nitrogens with two attached hydrogens (primary N) is 1. The van der Waals surface area contributed by atoms with Gasteiger partial charge < -0.3 is 5.73 Å². The molecule has 0 unspecified atom stereocenters. The molecule has 5 heteroatoms. The molecule has 0 saturated heterocycles. The van der Waals surface area contributed by atoms with Gasteiger partial charge in [0.2, 0.25) is 0 Å². The molecular weight excluding hydrogens is 176 g/mol. The van der Waals surface area contributed by atoms with Crippen LogP contribution in [0.3, 0.4) is 0 Å². The SMILES string of the molecule is Nc1ccnc2c(Cl)ncnc12. The Bertz CT molecular complexity index is 387. The van der Waals surface area contributed by atoms with E-state index in [0.29, 0.717) is 21.9 Å². The Balaban J connectivity index is 2.94. The number of nitrogen functional groups attached to an aromatic ring is 1. The van der Waals surface area contributed by atoms with Gasteiger partial charge >= 0.3 is 0 Å². The highest BCUT2D eigenvalue weighted by Crippen LogP contribution is 2.20. The molecule has 2 aromatic rings. The highest BCUT2D eigenvalue weighted by molar-refractivity contribution is 6.33. The summed E-state index contributed by atoms with van der Waals surface area (Å²) >= 11 is 5.76. The van der Waals surface area contributed by atoms with E-state index in [1.165, 1.54) is 6.33 Å². The van der Waals surface area contributed by atoms with Crippen LogP contribution in [0.5, 0.6) is 0 Å². The van der Waals surface area contributed by atoms with Gasteiger partial charge in [0.05, 0.1) is 5.69 Å². The van der Waals surface area contributed by atoms with Gasteiger partial charge in [0.1, 0.15) is 17.4 Å². The van der Waals surface area contributed by atoms with Crippen molar-refractivity contribution >= 4 is 28.3 Å². The Hall–Kier alpha value is -1.42. The molecule has 60 valence electrons. The van der Waals surface area contributed by atoms with E-state index >= 15 is 0 Å². The number of aromatic nitrogens is 3. The van der Waals surface area contributed by atoms with Crippen LogP contribution < -0.4 is 5.73 Å². The molecule has 2 rings (SSSR count). The number of nitrogens with zero attached hydrogens (tertiary/aromatic N) is 3. The van der Waals surface area contributed by atoms with Crippen molar-refractivity contribution in [3.8, 4) is 0 Å². The number of hydrogen-bond acceptors (Lipinski definition) is 4. The minimum Gasteiger partial charge on any atom is -0.397 e. The van der Waals surface area contributed by atoms with E-state index in [1.54, 1.807) is 12.3 Å². The molecule has 4 nitrogen and oxygen atoms in total. The van der Waals surface area contributed by atoms with Gasteiger partial charge in [-0.15, -0.1) is 0 Å². The molecule has 0 amide bonds. The number of rotatable bonds is 0. The van der Waals surface area contributed by atoms with Crippen LogP contribution in [0.25, 0.3) is 11.0 Å². The molecule has 12 heavy (non-hydrogen) atoms. The zero-order chi connectivity index (χ0) is 8.55. The maximum Gasteiger partial charge on any atom is 0.158 e. The molecule has 0 aliphatic carbocycles. The minimum atomic E-state index is 0.326. The Morgan fingerprint density at radius 3 is 2.75 bits per heavy atom. The second kappa shape index (κ2) is 2.57. The summed E-state index contributed by atoms with van der Waals surface area (Å²) in [6.07, 6.45) is 2.94. The predicted octanol–water partition coefficient (Wildman–Crippen LogP) is 1.26. The largest absolute Gasteiger partial charge is 0.397 e. The molecule has 0 spiro atoms. The molecule has 0 aliphatic rings. The maximum absolute atomic E-state index is 5.76. The Morgan fingerprint density at radius 2 is 2.00 bits per heavy atom. The van der Waals surface area contributed by atoms with E-state index in [9.17, 15) is 0 Å². The lowest BCUT2D eigenvalue weighted by Crippen LogP contribution is -1.92. The van der Waals surface area contributed by atoms with Crippen LogP contribution in [0.15, 0.2) is 18.6 Å². The molecule has 0 radical (unpaired) electrons. The van der Waals surface area contributed by atoms with E-state index in [2.05, 4.69) is 15.0 Å². The fraction of sp³-hybridized carbons (Fsp3) is 0. The normalized spacial score (nSPS) is 10.4. The van der Waals surface area contributed by atoms with Gasteiger partial charge in [0.15, 0.2) is 5.15 Å². The Labute approximate surface area is 73.4 Å². The molecule has 2 aromatic heterocycles. The van der Waals surface area contributed by atoms with E-state index in [1.807, 2.05) is 0 Å². The standard InChI is InChI=1S/C7H5ClN4/c8-7-6-5(11-3-12-7)4(9)1-2-10-6/h1-3H,(H2,9,10). The average Bonchev–Trinajstić information content (AvgIpc) is 2.07. The smallest absolute Gasteiger partial charge is 0.158 e. The maximum atomic E-state index is 5.76. The summed E-state index contributed by atoms with van der Waals surface area (Å²) in [5, 5.41) is 0.326. The third kappa shape index (κ3) is 0.967. The fourth-order valence-electron chi connectivity index (χ4n) is 0.954. The lowest BCUT2D eigenvalue weighted by molar-refractivity contribution is 1.20. The van der Waals surface area contributed by atoms with Gasteiger partial charge in [-0.05, 0) is 6.07 Å². The summed E-state index contributed by atoms with van der Waals surface area (Å²) in [4.78, 5) is 11.7. The van der Waals surface area contributed by atoms with Crippen LogP contribution in [0.1, 0.15) is 0 Å². The van der Waals surface area contributed by atoms with Crippen molar-refractivity contribution < 1.29 is 0 Å². The van der Waals surface area contributed by atoms with E-state index in [-0.39, 0.29) is 0 Å². The zero-order valence-corrected chi connectivity index (χ0v) is 6.78. The zero-order valence-electron chi connectivity index (χ0n) is 6.03. The Morgan fingerprint density at radius 1 is 1.17 bits per heavy atom. The van der Waals surface area contributed by atoms with Crippen molar-refractivity contribution in [3.05, 3.63) is 23.7 Å². The lowest BCUT2D eigenvalue weighted by Gasteiger charge is -1.98. The molecule has 0 aromatic carbocycles. The van der Waals surface area contributed by atoms with Crippen molar-refractivity contribution in [2.24, 2.45) is 0 Å².